The molecule has 2 heterocycles. The molecule has 1 atom stereocenters. The van der Waals surface area contributed by atoms with Crippen molar-refractivity contribution >= 4 is 41.5 Å². The molecular weight excluding hydrogens is 702 g/mol. The monoisotopic (exact) mass is 747 g/mol. The molecule has 3 aromatic rings. The van der Waals surface area contributed by atoms with Gasteiger partial charge < -0.3 is 43.2 Å². The summed E-state index contributed by atoms with van der Waals surface area (Å²) in [5, 5.41) is 5.34. The third-order valence-electron chi connectivity index (χ3n) is 8.60. The second kappa shape index (κ2) is 19.4. The highest BCUT2D eigenvalue weighted by atomic mass is 16.6. The first-order valence-electron chi connectivity index (χ1n) is 17.4. The molecule has 0 bridgehead atoms. The number of carbonyl (C=O) groups excluding carboxylic acids is 4. The number of benzene rings is 3. The van der Waals surface area contributed by atoms with Crippen LogP contribution in [0.5, 0.6) is 28.7 Å². The molecule has 54 heavy (non-hydrogen) atoms. The van der Waals surface area contributed by atoms with Crippen LogP contribution in [0.3, 0.4) is 0 Å². The average molecular weight is 748 g/mol. The molecule has 15 nitrogen and oxygen atoms in total. The van der Waals surface area contributed by atoms with Gasteiger partial charge in [-0.05, 0) is 53.9 Å². The van der Waals surface area contributed by atoms with Crippen LogP contribution in [0, 0.1) is 0 Å². The number of hydrogen-bond donors (Lipinski definition) is 2. The second-order valence-corrected chi connectivity index (χ2v) is 12.0. The second-order valence-electron chi connectivity index (χ2n) is 12.0. The van der Waals surface area contributed by atoms with Crippen LogP contribution in [0.25, 0.3) is 12.2 Å². The van der Waals surface area contributed by atoms with E-state index in [4.69, 9.17) is 37.9 Å². The van der Waals surface area contributed by atoms with Crippen LogP contribution in [0.2, 0.25) is 0 Å². The molecule has 3 aromatic carbocycles. The number of methoxy groups -OCH3 is 4. The van der Waals surface area contributed by atoms with Crippen molar-refractivity contribution < 1.29 is 57.1 Å². The van der Waals surface area contributed by atoms with Gasteiger partial charge in [-0.2, -0.15) is 0 Å². The Labute approximate surface area is 313 Å². The summed E-state index contributed by atoms with van der Waals surface area (Å²) in [6.07, 6.45) is 4.04. The van der Waals surface area contributed by atoms with E-state index in [1.165, 1.54) is 0 Å². The van der Waals surface area contributed by atoms with Crippen LogP contribution in [-0.2, 0) is 23.8 Å². The molecule has 288 valence electrons. The molecule has 0 saturated carbocycles. The first-order valence-corrected chi connectivity index (χ1v) is 17.4. The van der Waals surface area contributed by atoms with E-state index in [9.17, 15) is 19.2 Å². The summed E-state index contributed by atoms with van der Waals surface area (Å²) in [7, 11) is 6.30. The molecule has 2 aliphatic heterocycles. The van der Waals surface area contributed by atoms with E-state index in [1.807, 2.05) is 42.5 Å². The van der Waals surface area contributed by atoms with Crippen LogP contribution in [0.4, 0.5) is 5.69 Å². The molecule has 4 amide bonds. The summed E-state index contributed by atoms with van der Waals surface area (Å²) >= 11 is 0. The Morgan fingerprint density at radius 3 is 1.98 bits per heavy atom. The standard InChI is InChI=1S/C39H45N3O12/c1-47-30-12-10-25(8-9-26-23-32(48-2)36(50-4)33(24-26)49-3)22-31(30)54-21-20-53-19-18-52-17-16-51-15-14-40-28-7-5-6-27-35(28)39(46)42(38(27)45)29-11-13-34(43)41-37(29)44/h5-10,12,22-24,29,40H,11,13-21H2,1-4H3,(H,41,43,44). The fourth-order valence-electron chi connectivity index (χ4n) is 5.97. The normalized spacial score (nSPS) is 15.3. The van der Waals surface area contributed by atoms with Gasteiger partial charge in [0.15, 0.2) is 23.0 Å². The topological polar surface area (TPSA) is 169 Å². The Morgan fingerprint density at radius 2 is 1.33 bits per heavy atom. The molecule has 2 N–H and O–H groups in total. The van der Waals surface area contributed by atoms with Gasteiger partial charge in [-0.1, -0.05) is 24.3 Å². The van der Waals surface area contributed by atoms with Crippen LogP contribution in [0.15, 0.2) is 48.5 Å². The third-order valence-corrected chi connectivity index (χ3v) is 8.60. The maximum atomic E-state index is 13.2. The number of nitrogens with zero attached hydrogens (tertiary/aromatic N) is 1. The van der Waals surface area contributed by atoms with Gasteiger partial charge in [0.2, 0.25) is 17.6 Å². The number of hydrogen-bond acceptors (Lipinski definition) is 13. The van der Waals surface area contributed by atoms with Gasteiger partial charge in [-0.25, -0.2) is 0 Å². The average Bonchev–Trinajstić information content (AvgIpc) is 3.44. The summed E-state index contributed by atoms with van der Waals surface area (Å²) in [6.45, 7) is 2.82. The summed E-state index contributed by atoms with van der Waals surface area (Å²) < 4.78 is 44.6. The quantitative estimate of drug-likeness (QED) is 0.0917. The summed E-state index contributed by atoms with van der Waals surface area (Å²) in [6, 6.07) is 13.3. The van der Waals surface area contributed by atoms with Crippen molar-refractivity contribution in [3.63, 3.8) is 0 Å². The zero-order valence-corrected chi connectivity index (χ0v) is 30.8. The maximum Gasteiger partial charge on any atom is 0.264 e. The van der Waals surface area contributed by atoms with E-state index in [2.05, 4.69) is 10.6 Å². The lowest BCUT2D eigenvalue weighted by atomic mass is 10.0. The van der Waals surface area contributed by atoms with Crippen molar-refractivity contribution in [2.24, 2.45) is 0 Å². The van der Waals surface area contributed by atoms with Crippen LogP contribution in [0.1, 0.15) is 44.7 Å². The SMILES string of the molecule is COc1ccc(C=Cc2cc(OC)c(OC)c(OC)c2)cc1OCCOCCOCCOCCNc1cccc2c1C(=O)N(C1CCC(=O)NC1=O)C2=O. The number of imide groups is 2. The number of carbonyl (C=O) groups is 4. The fourth-order valence-corrected chi connectivity index (χ4v) is 5.97. The first-order chi connectivity index (χ1) is 26.3. The summed E-state index contributed by atoms with van der Waals surface area (Å²) in [5.41, 5.74) is 2.66. The zero-order chi connectivity index (χ0) is 38.5. The highest BCUT2D eigenvalue weighted by molar-refractivity contribution is 6.25. The van der Waals surface area contributed by atoms with Gasteiger partial charge >= 0.3 is 0 Å². The number of piperidine rings is 1. The van der Waals surface area contributed by atoms with Gasteiger partial charge in [0.25, 0.3) is 11.8 Å². The molecule has 15 heteroatoms. The van der Waals surface area contributed by atoms with E-state index in [1.54, 1.807) is 46.6 Å². The van der Waals surface area contributed by atoms with Crippen molar-refractivity contribution in [2.45, 2.75) is 18.9 Å². The van der Waals surface area contributed by atoms with Crippen molar-refractivity contribution in [1.29, 1.82) is 0 Å². The minimum Gasteiger partial charge on any atom is -0.493 e. The molecular formula is C39H45N3O12. The molecule has 0 aromatic heterocycles. The Hall–Kier alpha value is -5.64. The van der Waals surface area contributed by atoms with Gasteiger partial charge in [-0.15, -0.1) is 0 Å². The Morgan fingerprint density at radius 1 is 0.704 bits per heavy atom. The number of amides is 4. The van der Waals surface area contributed by atoms with Crippen LogP contribution in [-0.4, -0.2) is 116 Å². The fraction of sp³-hybridized carbons (Fsp3) is 0.385. The predicted octanol–water partition coefficient (Wildman–Crippen LogP) is 3.83. The minimum absolute atomic E-state index is 0.0603. The number of fused-ring (bicyclic) bond motifs is 1. The zero-order valence-electron chi connectivity index (χ0n) is 30.8. The molecule has 1 unspecified atom stereocenters. The van der Waals surface area contributed by atoms with Crippen molar-refractivity contribution in [2.75, 3.05) is 86.5 Å². The van der Waals surface area contributed by atoms with Crippen molar-refractivity contribution in [1.82, 2.24) is 10.2 Å². The van der Waals surface area contributed by atoms with Gasteiger partial charge in [0.05, 0.1) is 79.2 Å². The largest absolute Gasteiger partial charge is 0.493 e. The van der Waals surface area contributed by atoms with E-state index >= 15 is 0 Å². The maximum absolute atomic E-state index is 13.2. The number of nitrogens with one attached hydrogen (secondary N) is 2. The van der Waals surface area contributed by atoms with Crippen molar-refractivity contribution in [3.05, 3.63) is 70.8 Å². The molecule has 0 spiro atoms. The van der Waals surface area contributed by atoms with Gasteiger partial charge in [0, 0.05) is 18.7 Å². The molecule has 1 fully saturated rings. The summed E-state index contributed by atoms with van der Waals surface area (Å²) in [5.74, 6) is 0.657. The van der Waals surface area contributed by atoms with E-state index in [0.29, 0.717) is 87.2 Å². The molecule has 5 rings (SSSR count). The third kappa shape index (κ3) is 9.66. The lowest BCUT2D eigenvalue weighted by Crippen LogP contribution is -2.54. The van der Waals surface area contributed by atoms with Crippen molar-refractivity contribution in [3.8, 4) is 28.7 Å². The van der Waals surface area contributed by atoms with E-state index in [0.717, 1.165) is 16.0 Å². The molecule has 0 aliphatic carbocycles. The lowest BCUT2D eigenvalue weighted by molar-refractivity contribution is -0.136. The van der Waals surface area contributed by atoms with Crippen LogP contribution >= 0.6 is 0 Å². The van der Waals surface area contributed by atoms with Crippen LogP contribution < -0.4 is 34.3 Å². The van der Waals surface area contributed by atoms with Gasteiger partial charge in [-0.3, -0.25) is 29.4 Å². The lowest BCUT2D eigenvalue weighted by Gasteiger charge is -2.27. The smallest absolute Gasteiger partial charge is 0.264 e. The van der Waals surface area contributed by atoms with Gasteiger partial charge in [0.1, 0.15) is 12.6 Å². The minimum atomic E-state index is -1.02. The molecule has 1 saturated heterocycles. The van der Waals surface area contributed by atoms with E-state index < -0.39 is 29.7 Å². The molecule has 2 aliphatic rings. The summed E-state index contributed by atoms with van der Waals surface area (Å²) in [4.78, 5) is 51.0. The Balaban J connectivity index is 0.958. The number of anilines is 1. The first kappa shape index (κ1) is 39.6. The number of ether oxygens (including phenoxy) is 8. The van der Waals surface area contributed by atoms with E-state index in [-0.39, 0.29) is 24.0 Å². The molecule has 0 radical (unpaired) electrons. The highest BCUT2D eigenvalue weighted by Gasteiger charge is 2.45. The predicted molar refractivity (Wildman–Crippen MR) is 198 cm³/mol. The Kier molecular flexibility index (Phi) is 14.2. The Bertz CT molecular complexity index is 1820. The number of rotatable bonds is 21. The highest BCUT2D eigenvalue weighted by Crippen LogP contribution is 2.39.